The van der Waals surface area contributed by atoms with E-state index >= 15 is 0 Å². The molecule has 0 aromatic carbocycles. The Morgan fingerprint density at radius 3 is 2.60 bits per heavy atom. The summed E-state index contributed by atoms with van der Waals surface area (Å²) in [7, 11) is 0. The average molecular weight is 280 g/mol. The number of aliphatic hydroxyl groups is 1. The number of carboxylic acids is 1. The van der Waals surface area contributed by atoms with Gasteiger partial charge in [0.1, 0.15) is 0 Å². The first-order valence-corrected chi connectivity index (χ1v) is 6.46. The van der Waals surface area contributed by atoms with Crippen LogP contribution < -0.4 is 5.32 Å². The number of rotatable bonds is 6. The Hall–Kier alpha value is -1.95. The number of carbonyl (C=O) groups excluding carboxylic acids is 1. The Morgan fingerprint density at radius 1 is 1.45 bits per heavy atom. The van der Waals surface area contributed by atoms with Crippen LogP contribution in [0.2, 0.25) is 0 Å². The molecule has 0 aliphatic carbocycles. The molecule has 0 saturated heterocycles. The van der Waals surface area contributed by atoms with Crippen molar-refractivity contribution >= 4 is 11.9 Å². The third kappa shape index (κ3) is 3.77. The van der Waals surface area contributed by atoms with Gasteiger partial charge in [-0.15, -0.1) is 0 Å². The number of hydrogen-bond acceptors (Lipinski definition) is 4. The van der Waals surface area contributed by atoms with E-state index in [0.29, 0.717) is 12.1 Å². The molecule has 6 nitrogen and oxygen atoms in total. The van der Waals surface area contributed by atoms with Crippen LogP contribution in [0.4, 0.5) is 0 Å². The highest BCUT2D eigenvalue weighted by atomic mass is 16.4. The van der Waals surface area contributed by atoms with Crippen molar-refractivity contribution in [3.05, 3.63) is 29.1 Å². The zero-order valence-electron chi connectivity index (χ0n) is 11.9. The van der Waals surface area contributed by atoms with Crippen LogP contribution in [0.25, 0.3) is 0 Å². The van der Waals surface area contributed by atoms with E-state index in [1.54, 1.807) is 13.8 Å². The van der Waals surface area contributed by atoms with Gasteiger partial charge in [0.2, 0.25) is 0 Å². The highest BCUT2D eigenvalue weighted by molar-refractivity contribution is 5.98. The normalized spacial score (nSPS) is 13.6. The van der Waals surface area contributed by atoms with Crippen molar-refractivity contribution < 1.29 is 19.8 Å². The van der Waals surface area contributed by atoms with E-state index in [1.807, 2.05) is 6.92 Å². The molecule has 1 heterocycles. The fourth-order valence-corrected chi connectivity index (χ4v) is 1.95. The molecule has 20 heavy (non-hydrogen) atoms. The summed E-state index contributed by atoms with van der Waals surface area (Å²) in [6, 6.07) is 1.30. The summed E-state index contributed by atoms with van der Waals surface area (Å²) < 4.78 is 0. The lowest BCUT2D eigenvalue weighted by atomic mass is 9.96. The third-order valence-corrected chi connectivity index (χ3v) is 3.14. The molecule has 0 saturated carbocycles. The Bertz CT molecular complexity index is 516. The standard InChI is InChI=1S/C14H20N2O4/c1-4-5-14(3,8-17)16-12(18)11-6-10(13(19)20)7-15-9(11)2/h6-7,17H,4-5,8H2,1-3H3,(H,16,18)(H,19,20). The molecule has 1 aromatic rings. The fraction of sp³-hybridized carbons (Fsp3) is 0.500. The topological polar surface area (TPSA) is 99.5 Å². The maximum absolute atomic E-state index is 12.2. The van der Waals surface area contributed by atoms with Gasteiger partial charge < -0.3 is 15.5 Å². The van der Waals surface area contributed by atoms with Crippen molar-refractivity contribution in [2.24, 2.45) is 0 Å². The number of nitrogens with one attached hydrogen (secondary N) is 1. The van der Waals surface area contributed by atoms with Crippen molar-refractivity contribution in [1.29, 1.82) is 0 Å². The third-order valence-electron chi connectivity index (χ3n) is 3.14. The van der Waals surface area contributed by atoms with Crippen molar-refractivity contribution in [1.82, 2.24) is 10.3 Å². The van der Waals surface area contributed by atoms with Crippen LogP contribution in [0.15, 0.2) is 12.3 Å². The van der Waals surface area contributed by atoms with Gasteiger partial charge >= 0.3 is 5.97 Å². The minimum atomic E-state index is -1.13. The average Bonchev–Trinajstić information content (AvgIpc) is 2.39. The first-order chi connectivity index (χ1) is 9.33. The summed E-state index contributed by atoms with van der Waals surface area (Å²) in [5, 5.41) is 21.1. The lowest BCUT2D eigenvalue weighted by Crippen LogP contribution is -2.49. The van der Waals surface area contributed by atoms with E-state index < -0.39 is 17.4 Å². The van der Waals surface area contributed by atoms with E-state index in [4.69, 9.17) is 5.11 Å². The monoisotopic (exact) mass is 280 g/mol. The van der Waals surface area contributed by atoms with Crippen LogP contribution in [-0.4, -0.2) is 39.2 Å². The molecule has 1 unspecified atom stereocenters. The van der Waals surface area contributed by atoms with Crippen LogP contribution in [0.1, 0.15) is 53.1 Å². The molecular formula is C14H20N2O4. The molecule has 1 atom stereocenters. The molecule has 1 aromatic heterocycles. The van der Waals surface area contributed by atoms with Gasteiger partial charge in [-0.3, -0.25) is 9.78 Å². The van der Waals surface area contributed by atoms with Gasteiger partial charge in [0.25, 0.3) is 5.91 Å². The molecule has 3 N–H and O–H groups in total. The highest BCUT2D eigenvalue weighted by Crippen LogP contribution is 2.14. The summed E-state index contributed by atoms with van der Waals surface area (Å²) in [5.74, 6) is -1.56. The van der Waals surface area contributed by atoms with Crippen LogP contribution in [0, 0.1) is 6.92 Å². The first-order valence-electron chi connectivity index (χ1n) is 6.46. The molecule has 0 aliphatic rings. The Balaban J connectivity index is 3.02. The molecule has 6 heteroatoms. The molecule has 0 radical (unpaired) electrons. The molecule has 0 fully saturated rings. The van der Waals surface area contributed by atoms with Crippen molar-refractivity contribution in [2.75, 3.05) is 6.61 Å². The molecular weight excluding hydrogens is 260 g/mol. The molecule has 0 bridgehead atoms. The van der Waals surface area contributed by atoms with Crippen LogP contribution in [-0.2, 0) is 0 Å². The van der Waals surface area contributed by atoms with Gasteiger partial charge in [0.15, 0.2) is 0 Å². The number of carbonyl (C=O) groups is 2. The zero-order chi connectivity index (χ0) is 15.3. The van der Waals surface area contributed by atoms with Crippen molar-refractivity contribution in [2.45, 2.75) is 39.2 Å². The number of hydrogen-bond donors (Lipinski definition) is 3. The Labute approximate surface area is 117 Å². The second-order valence-corrected chi connectivity index (χ2v) is 5.09. The summed E-state index contributed by atoms with van der Waals surface area (Å²) in [6.07, 6.45) is 2.65. The van der Waals surface area contributed by atoms with Crippen LogP contribution >= 0.6 is 0 Å². The van der Waals surface area contributed by atoms with Crippen LogP contribution in [0.3, 0.4) is 0 Å². The lowest BCUT2D eigenvalue weighted by Gasteiger charge is -2.28. The molecule has 0 aliphatic heterocycles. The number of aryl methyl sites for hydroxylation is 1. The predicted molar refractivity (Wildman–Crippen MR) is 73.8 cm³/mol. The summed E-state index contributed by atoms with van der Waals surface area (Å²) in [6.45, 7) is 5.16. The maximum Gasteiger partial charge on any atom is 0.337 e. The van der Waals surface area contributed by atoms with Gasteiger partial charge in [-0.25, -0.2) is 4.79 Å². The van der Waals surface area contributed by atoms with E-state index in [2.05, 4.69) is 10.3 Å². The van der Waals surface area contributed by atoms with Gasteiger partial charge in [0, 0.05) is 6.20 Å². The number of carboxylic acid groups (broad SMARTS) is 1. The maximum atomic E-state index is 12.2. The quantitative estimate of drug-likeness (QED) is 0.730. The molecule has 1 amide bonds. The minimum absolute atomic E-state index is 0.0399. The van der Waals surface area contributed by atoms with E-state index in [0.717, 1.165) is 6.42 Å². The van der Waals surface area contributed by atoms with E-state index in [1.165, 1.54) is 12.3 Å². The van der Waals surface area contributed by atoms with E-state index in [9.17, 15) is 14.7 Å². The second-order valence-electron chi connectivity index (χ2n) is 5.09. The van der Waals surface area contributed by atoms with Crippen molar-refractivity contribution in [3.8, 4) is 0 Å². The number of aliphatic hydroxyl groups excluding tert-OH is 1. The highest BCUT2D eigenvalue weighted by Gasteiger charge is 2.26. The minimum Gasteiger partial charge on any atom is -0.478 e. The van der Waals surface area contributed by atoms with Crippen molar-refractivity contribution in [3.63, 3.8) is 0 Å². The summed E-state index contributed by atoms with van der Waals surface area (Å²) in [4.78, 5) is 27.1. The first kappa shape index (κ1) is 16.1. The predicted octanol–water partition coefficient (Wildman–Crippen LogP) is 1.37. The van der Waals surface area contributed by atoms with E-state index in [-0.39, 0.29) is 17.7 Å². The fourth-order valence-electron chi connectivity index (χ4n) is 1.95. The Morgan fingerprint density at radius 2 is 2.10 bits per heavy atom. The van der Waals surface area contributed by atoms with Gasteiger partial charge in [0.05, 0.1) is 29.0 Å². The van der Waals surface area contributed by atoms with Crippen LogP contribution in [0.5, 0.6) is 0 Å². The smallest absolute Gasteiger partial charge is 0.337 e. The lowest BCUT2D eigenvalue weighted by molar-refractivity contribution is 0.0696. The molecule has 1 rings (SSSR count). The number of pyridine rings is 1. The number of amides is 1. The SMILES string of the molecule is CCCC(C)(CO)NC(=O)c1cc(C(=O)O)cnc1C. The molecule has 0 spiro atoms. The second kappa shape index (κ2) is 6.47. The van der Waals surface area contributed by atoms with Gasteiger partial charge in [-0.1, -0.05) is 13.3 Å². The number of nitrogens with zero attached hydrogens (tertiary/aromatic N) is 1. The van der Waals surface area contributed by atoms with Gasteiger partial charge in [-0.2, -0.15) is 0 Å². The summed E-state index contributed by atoms with van der Waals surface area (Å²) >= 11 is 0. The van der Waals surface area contributed by atoms with Gasteiger partial charge in [-0.05, 0) is 26.3 Å². The largest absolute Gasteiger partial charge is 0.478 e. The zero-order valence-corrected chi connectivity index (χ0v) is 11.9. The molecule has 110 valence electrons. The summed E-state index contributed by atoms with van der Waals surface area (Å²) in [5.41, 5.74) is -0.107. The number of aromatic nitrogens is 1. The Kier molecular flexibility index (Phi) is 5.21. The number of aromatic carboxylic acids is 1.